The summed E-state index contributed by atoms with van der Waals surface area (Å²) in [5.74, 6) is 0.612. The molecule has 2 fully saturated rings. The van der Waals surface area contributed by atoms with Gasteiger partial charge in [0.1, 0.15) is 5.75 Å². The lowest BCUT2D eigenvalue weighted by molar-refractivity contribution is -0.136. The number of fused-ring (bicyclic) bond motifs is 1. The van der Waals surface area contributed by atoms with Gasteiger partial charge in [-0.15, -0.1) is 0 Å². The number of carbonyl (C=O) groups excluding carboxylic acids is 1. The number of sulfone groups is 1. The highest BCUT2D eigenvalue weighted by Gasteiger charge is 2.38. The van der Waals surface area contributed by atoms with Crippen molar-refractivity contribution in [1.29, 1.82) is 0 Å². The molecule has 3 atom stereocenters. The van der Waals surface area contributed by atoms with Gasteiger partial charge in [0.15, 0.2) is 9.84 Å². The van der Waals surface area contributed by atoms with E-state index in [2.05, 4.69) is 0 Å². The highest BCUT2D eigenvalue weighted by atomic mass is 32.2. The van der Waals surface area contributed by atoms with Crippen LogP contribution in [0.15, 0.2) is 36.4 Å². The number of benzene rings is 2. The molecular formula is C23H29NO5S. The van der Waals surface area contributed by atoms with Crippen molar-refractivity contribution < 1.29 is 22.7 Å². The zero-order valence-electron chi connectivity index (χ0n) is 17.5. The maximum Gasteiger partial charge on any atom is 0.230 e. The summed E-state index contributed by atoms with van der Waals surface area (Å²) in [5, 5.41) is 2.10. The standard InChI is InChI=1S/C23H29NO5S/c1-16(17-5-6-19-13-21(28-2)8-7-18(19)12-17)23(25)24(14-22-4-3-10-29-22)20-9-11-30(26,27)15-20/h5-8,12-13,16,20,22H,3-4,9-11,14-15H2,1-2H3/t16-,20-,22+/m0/s1. The normalized spacial score (nSPS) is 24.1. The molecule has 2 heterocycles. The molecule has 162 valence electrons. The molecule has 4 rings (SSSR count). The molecule has 0 N–H and O–H groups in total. The van der Waals surface area contributed by atoms with Gasteiger partial charge in [-0.2, -0.15) is 0 Å². The maximum absolute atomic E-state index is 13.5. The summed E-state index contributed by atoms with van der Waals surface area (Å²) >= 11 is 0. The molecular weight excluding hydrogens is 402 g/mol. The van der Waals surface area contributed by atoms with Crippen LogP contribution in [0.3, 0.4) is 0 Å². The number of hydrogen-bond acceptors (Lipinski definition) is 5. The van der Waals surface area contributed by atoms with Gasteiger partial charge in [-0.25, -0.2) is 8.42 Å². The lowest BCUT2D eigenvalue weighted by Crippen LogP contribution is -2.46. The minimum absolute atomic E-state index is 0.00600. The predicted octanol–water partition coefficient (Wildman–Crippen LogP) is 3.15. The molecule has 2 aromatic rings. The zero-order chi connectivity index (χ0) is 21.3. The molecule has 0 spiro atoms. The first-order valence-electron chi connectivity index (χ1n) is 10.6. The van der Waals surface area contributed by atoms with Crippen molar-refractivity contribution in [2.45, 2.75) is 44.2 Å². The fourth-order valence-corrected chi connectivity index (χ4v) is 6.21. The topological polar surface area (TPSA) is 72.9 Å². The number of methoxy groups -OCH3 is 1. The Morgan fingerprint density at radius 2 is 1.97 bits per heavy atom. The summed E-state index contributed by atoms with van der Waals surface area (Å²) in [6.07, 6.45) is 2.40. The van der Waals surface area contributed by atoms with Crippen molar-refractivity contribution in [2.24, 2.45) is 0 Å². The number of amides is 1. The van der Waals surface area contributed by atoms with Crippen LogP contribution in [-0.2, 0) is 19.4 Å². The molecule has 0 bridgehead atoms. The van der Waals surface area contributed by atoms with Crippen molar-refractivity contribution in [3.8, 4) is 5.75 Å². The van der Waals surface area contributed by atoms with E-state index in [1.807, 2.05) is 43.3 Å². The third kappa shape index (κ3) is 4.47. The first kappa shape index (κ1) is 21.1. The van der Waals surface area contributed by atoms with Gasteiger partial charge < -0.3 is 14.4 Å². The van der Waals surface area contributed by atoms with Crippen molar-refractivity contribution in [1.82, 2.24) is 4.90 Å². The van der Waals surface area contributed by atoms with Crippen LogP contribution in [-0.4, -0.2) is 63.1 Å². The third-order valence-electron chi connectivity index (χ3n) is 6.30. The van der Waals surface area contributed by atoms with Crippen LogP contribution in [0.1, 0.15) is 37.7 Å². The number of carbonyl (C=O) groups is 1. The second-order valence-electron chi connectivity index (χ2n) is 8.38. The van der Waals surface area contributed by atoms with E-state index in [1.54, 1.807) is 12.0 Å². The Labute approximate surface area is 178 Å². The van der Waals surface area contributed by atoms with Gasteiger partial charge in [0.2, 0.25) is 5.91 Å². The lowest BCUT2D eigenvalue weighted by atomic mass is 9.95. The fraction of sp³-hybridized carbons (Fsp3) is 0.522. The molecule has 0 unspecified atom stereocenters. The van der Waals surface area contributed by atoms with E-state index in [1.165, 1.54) is 0 Å². The summed E-state index contributed by atoms with van der Waals surface area (Å²) < 4.78 is 35.2. The van der Waals surface area contributed by atoms with Crippen LogP contribution in [0.25, 0.3) is 10.8 Å². The second-order valence-corrected chi connectivity index (χ2v) is 10.6. The Hall–Kier alpha value is -2.12. The summed E-state index contributed by atoms with van der Waals surface area (Å²) in [7, 11) is -1.44. The van der Waals surface area contributed by atoms with Gasteiger partial charge >= 0.3 is 0 Å². The summed E-state index contributed by atoms with van der Waals surface area (Å²) in [4.78, 5) is 15.3. The van der Waals surface area contributed by atoms with Gasteiger partial charge in [0.25, 0.3) is 0 Å². The quantitative estimate of drug-likeness (QED) is 0.703. The van der Waals surface area contributed by atoms with Gasteiger partial charge in [-0.05, 0) is 54.7 Å². The Morgan fingerprint density at radius 1 is 1.20 bits per heavy atom. The van der Waals surface area contributed by atoms with Crippen molar-refractivity contribution in [2.75, 3.05) is 31.8 Å². The smallest absolute Gasteiger partial charge is 0.230 e. The molecule has 2 aliphatic rings. The number of ether oxygens (including phenoxy) is 2. The van der Waals surface area contributed by atoms with Crippen LogP contribution in [0.2, 0.25) is 0 Å². The van der Waals surface area contributed by atoms with Gasteiger partial charge in [0, 0.05) is 19.2 Å². The molecule has 30 heavy (non-hydrogen) atoms. The van der Waals surface area contributed by atoms with Gasteiger partial charge in [-0.3, -0.25) is 4.79 Å². The third-order valence-corrected chi connectivity index (χ3v) is 8.05. The lowest BCUT2D eigenvalue weighted by Gasteiger charge is -2.33. The maximum atomic E-state index is 13.5. The molecule has 2 saturated heterocycles. The molecule has 6 nitrogen and oxygen atoms in total. The highest BCUT2D eigenvalue weighted by Crippen LogP contribution is 2.29. The summed E-state index contributed by atoms with van der Waals surface area (Å²) in [6.45, 7) is 3.08. The molecule has 0 aliphatic carbocycles. The summed E-state index contributed by atoms with van der Waals surface area (Å²) in [5.41, 5.74) is 0.927. The van der Waals surface area contributed by atoms with E-state index in [0.29, 0.717) is 19.6 Å². The van der Waals surface area contributed by atoms with Crippen molar-refractivity contribution in [3.63, 3.8) is 0 Å². The molecule has 0 radical (unpaired) electrons. The number of hydrogen-bond donors (Lipinski definition) is 0. The average Bonchev–Trinajstić information content (AvgIpc) is 3.39. The van der Waals surface area contributed by atoms with Gasteiger partial charge in [-0.1, -0.05) is 24.3 Å². The van der Waals surface area contributed by atoms with Crippen LogP contribution >= 0.6 is 0 Å². The molecule has 7 heteroatoms. The summed E-state index contributed by atoms with van der Waals surface area (Å²) in [6, 6.07) is 11.6. The first-order valence-corrected chi connectivity index (χ1v) is 12.4. The molecule has 0 aromatic heterocycles. The Kier molecular flexibility index (Phi) is 6.02. The Balaban J connectivity index is 1.58. The SMILES string of the molecule is COc1ccc2cc([C@H](C)C(=O)N(C[C@H]3CCCO3)[C@H]3CCS(=O)(=O)C3)ccc2c1. The number of nitrogens with zero attached hydrogens (tertiary/aromatic N) is 1. The monoisotopic (exact) mass is 431 g/mol. The second kappa shape index (κ2) is 8.55. The largest absolute Gasteiger partial charge is 0.497 e. The zero-order valence-corrected chi connectivity index (χ0v) is 18.4. The minimum Gasteiger partial charge on any atom is -0.497 e. The number of rotatable bonds is 6. The van der Waals surface area contributed by atoms with E-state index in [4.69, 9.17) is 9.47 Å². The Bertz CT molecular complexity index is 1030. The van der Waals surface area contributed by atoms with Crippen molar-refractivity contribution >= 4 is 26.5 Å². The molecule has 2 aromatic carbocycles. The molecule has 2 aliphatic heterocycles. The van der Waals surface area contributed by atoms with Crippen molar-refractivity contribution in [3.05, 3.63) is 42.0 Å². The average molecular weight is 432 g/mol. The van der Waals surface area contributed by atoms with Crippen LogP contribution < -0.4 is 4.74 Å². The molecule has 0 saturated carbocycles. The van der Waals surface area contributed by atoms with E-state index in [9.17, 15) is 13.2 Å². The highest BCUT2D eigenvalue weighted by molar-refractivity contribution is 7.91. The fourth-order valence-electron chi connectivity index (χ4n) is 4.48. The van der Waals surface area contributed by atoms with E-state index in [-0.39, 0.29) is 35.5 Å². The van der Waals surface area contributed by atoms with E-state index in [0.717, 1.165) is 34.9 Å². The molecule has 1 amide bonds. The van der Waals surface area contributed by atoms with Crippen LogP contribution in [0.4, 0.5) is 0 Å². The van der Waals surface area contributed by atoms with E-state index >= 15 is 0 Å². The van der Waals surface area contributed by atoms with Crippen LogP contribution in [0.5, 0.6) is 5.75 Å². The predicted molar refractivity (Wildman–Crippen MR) is 117 cm³/mol. The minimum atomic E-state index is -3.08. The van der Waals surface area contributed by atoms with E-state index < -0.39 is 9.84 Å². The first-order chi connectivity index (χ1) is 14.4. The Morgan fingerprint density at radius 3 is 2.63 bits per heavy atom. The van der Waals surface area contributed by atoms with Crippen LogP contribution in [0, 0.1) is 0 Å². The van der Waals surface area contributed by atoms with Gasteiger partial charge in [0.05, 0.1) is 30.6 Å².